The van der Waals surface area contributed by atoms with Crippen LogP contribution in [0.2, 0.25) is 0 Å². The summed E-state index contributed by atoms with van der Waals surface area (Å²) in [6.07, 6.45) is 4.04. The van der Waals surface area contributed by atoms with Crippen LogP contribution in [-0.4, -0.2) is 29.3 Å². The maximum Gasteiger partial charge on any atom is 0.161 e. The molecule has 25 heavy (non-hydrogen) atoms. The van der Waals surface area contributed by atoms with Crippen molar-refractivity contribution in [3.63, 3.8) is 0 Å². The van der Waals surface area contributed by atoms with E-state index >= 15 is 0 Å². The van der Waals surface area contributed by atoms with Crippen LogP contribution in [0.15, 0.2) is 36.5 Å². The lowest BCUT2D eigenvalue weighted by Gasteiger charge is -2.38. The number of rotatable bonds is 3. The summed E-state index contributed by atoms with van der Waals surface area (Å²) in [5.41, 5.74) is 1.61. The van der Waals surface area contributed by atoms with Gasteiger partial charge in [0.15, 0.2) is 11.5 Å². The van der Waals surface area contributed by atoms with Crippen molar-refractivity contribution in [3.8, 4) is 17.6 Å². The van der Waals surface area contributed by atoms with Crippen LogP contribution in [-0.2, 0) is 0 Å². The molecule has 1 aliphatic carbocycles. The number of phenolic OH excluding ortho intramolecular Hbond substituents is 1. The fourth-order valence-corrected chi connectivity index (χ4v) is 4.07. The van der Waals surface area contributed by atoms with Crippen molar-refractivity contribution in [2.24, 2.45) is 11.8 Å². The van der Waals surface area contributed by atoms with E-state index < -0.39 is 0 Å². The molecule has 1 aromatic carbocycles. The number of hydrogen-bond donors (Lipinski definition) is 1. The smallest absolute Gasteiger partial charge is 0.161 e. The van der Waals surface area contributed by atoms with Gasteiger partial charge in [-0.25, -0.2) is 4.98 Å². The number of nitrogens with zero attached hydrogens (tertiary/aromatic N) is 3. The molecule has 1 saturated heterocycles. The summed E-state index contributed by atoms with van der Waals surface area (Å²) in [5, 5.41) is 19.0. The molecule has 2 fully saturated rings. The molecule has 2 aromatic rings. The lowest BCUT2D eigenvalue weighted by molar-refractivity contribution is 0.0997. The van der Waals surface area contributed by atoms with Crippen molar-refractivity contribution < 1.29 is 9.84 Å². The van der Waals surface area contributed by atoms with Gasteiger partial charge in [0.1, 0.15) is 18.0 Å². The van der Waals surface area contributed by atoms with Gasteiger partial charge in [-0.1, -0.05) is 6.07 Å². The predicted octanol–water partition coefficient (Wildman–Crippen LogP) is 3.26. The number of piperidine rings is 1. The second kappa shape index (κ2) is 6.29. The number of aromatic hydroxyl groups is 1. The Morgan fingerprint density at radius 3 is 2.56 bits per heavy atom. The topological polar surface area (TPSA) is 69.4 Å². The number of fused-ring (bicyclic) bond motifs is 2. The number of nitriles is 1. The van der Waals surface area contributed by atoms with E-state index in [0.717, 1.165) is 37.3 Å². The average molecular weight is 335 g/mol. The fraction of sp³-hybridized carbons (Fsp3) is 0.400. The summed E-state index contributed by atoms with van der Waals surface area (Å²) in [6.45, 7) is 3.75. The van der Waals surface area contributed by atoms with Gasteiger partial charge in [0.05, 0.1) is 5.56 Å². The van der Waals surface area contributed by atoms with Crippen LogP contribution in [0, 0.1) is 30.1 Å². The van der Waals surface area contributed by atoms with Crippen molar-refractivity contribution in [1.82, 2.24) is 4.98 Å². The highest BCUT2D eigenvalue weighted by Gasteiger charge is 2.44. The van der Waals surface area contributed by atoms with Gasteiger partial charge in [0, 0.05) is 31.1 Å². The Balaban J connectivity index is 1.49. The SMILES string of the molecule is Cc1ccc(O[C@@H]2[C@@H]3CC[C@H]2CN(c2ccc(C#N)cn2)C3)c(O)c1. The lowest BCUT2D eigenvalue weighted by Crippen LogP contribution is -2.47. The monoisotopic (exact) mass is 335 g/mol. The van der Waals surface area contributed by atoms with Crippen LogP contribution in [0.25, 0.3) is 0 Å². The standard InChI is InChI=1S/C20H21N3O2/c1-13-2-6-18(17(24)8-13)25-20-15-4-5-16(20)12-23(11-15)19-7-3-14(9-21)10-22-19/h2-3,6-8,10,15-16,20,24H,4-5,11-12H2,1H3/t15-,16+,20-. The molecular formula is C20H21N3O2. The molecule has 5 nitrogen and oxygen atoms in total. The number of aromatic nitrogens is 1. The molecule has 1 aromatic heterocycles. The number of phenols is 1. The third-order valence-corrected chi connectivity index (χ3v) is 5.33. The van der Waals surface area contributed by atoms with Gasteiger partial charge in [0.25, 0.3) is 0 Å². The van der Waals surface area contributed by atoms with E-state index in [2.05, 4.69) is 16.0 Å². The normalized spacial score (nSPS) is 24.8. The average Bonchev–Trinajstić information content (AvgIpc) is 2.85. The summed E-state index contributed by atoms with van der Waals surface area (Å²) in [4.78, 5) is 6.72. The summed E-state index contributed by atoms with van der Waals surface area (Å²) in [5.74, 6) is 2.58. The Kier molecular flexibility index (Phi) is 3.96. The van der Waals surface area contributed by atoms with E-state index in [-0.39, 0.29) is 11.9 Å². The molecule has 0 unspecified atom stereocenters. The molecule has 0 spiro atoms. The van der Waals surface area contributed by atoms with E-state index in [1.807, 2.05) is 31.2 Å². The van der Waals surface area contributed by atoms with Crippen LogP contribution < -0.4 is 9.64 Å². The number of ether oxygens (including phenoxy) is 1. The first-order valence-corrected chi connectivity index (χ1v) is 8.71. The molecule has 4 rings (SSSR count). The second-order valence-electron chi connectivity index (χ2n) is 7.07. The van der Waals surface area contributed by atoms with Gasteiger partial charge in [-0.3, -0.25) is 0 Å². The van der Waals surface area contributed by atoms with Crippen molar-refractivity contribution in [1.29, 1.82) is 5.26 Å². The first kappa shape index (κ1) is 15.8. The molecule has 5 heteroatoms. The Morgan fingerprint density at radius 1 is 1.20 bits per heavy atom. The van der Waals surface area contributed by atoms with E-state index in [9.17, 15) is 5.11 Å². The zero-order valence-electron chi connectivity index (χ0n) is 14.2. The zero-order chi connectivity index (χ0) is 17.4. The molecule has 1 saturated carbocycles. The number of pyridine rings is 1. The quantitative estimate of drug-likeness (QED) is 0.932. The Bertz CT molecular complexity index is 799. The van der Waals surface area contributed by atoms with Gasteiger partial charge in [-0.05, 0) is 49.6 Å². The Morgan fingerprint density at radius 2 is 1.96 bits per heavy atom. The molecule has 0 radical (unpaired) electrons. The van der Waals surface area contributed by atoms with Crippen molar-refractivity contribution in [2.75, 3.05) is 18.0 Å². The summed E-state index contributed by atoms with van der Waals surface area (Å²) < 4.78 is 6.21. The van der Waals surface area contributed by atoms with Gasteiger partial charge >= 0.3 is 0 Å². The lowest BCUT2D eigenvalue weighted by atomic mass is 9.94. The van der Waals surface area contributed by atoms with Crippen molar-refractivity contribution in [2.45, 2.75) is 25.9 Å². The predicted molar refractivity (Wildman–Crippen MR) is 94.6 cm³/mol. The van der Waals surface area contributed by atoms with Crippen LogP contribution in [0.3, 0.4) is 0 Å². The molecule has 3 atom stereocenters. The van der Waals surface area contributed by atoms with E-state index in [0.29, 0.717) is 23.1 Å². The molecule has 2 aliphatic rings. The fourth-order valence-electron chi connectivity index (χ4n) is 4.07. The first-order valence-electron chi connectivity index (χ1n) is 8.71. The van der Waals surface area contributed by atoms with Gasteiger partial charge in [-0.2, -0.15) is 5.26 Å². The Hall–Kier alpha value is -2.74. The van der Waals surface area contributed by atoms with Gasteiger partial charge < -0.3 is 14.7 Å². The highest BCUT2D eigenvalue weighted by Crippen LogP contribution is 2.42. The molecule has 128 valence electrons. The van der Waals surface area contributed by atoms with E-state index in [1.54, 1.807) is 12.3 Å². The molecule has 0 amide bonds. The number of anilines is 1. The molecule has 1 aliphatic heterocycles. The summed E-state index contributed by atoms with van der Waals surface area (Å²) >= 11 is 0. The minimum atomic E-state index is 0.142. The van der Waals surface area contributed by atoms with Crippen molar-refractivity contribution in [3.05, 3.63) is 47.7 Å². The van der Waals surface area contributed by atoms with E-state index in [4.69, 9.17) is 10.00 Å². The highest BCUT2D eigenvalue weighted by molar-refractivity contribution is 5.44. The second-order valence-corrected chi connectivity index (χ2v) is 7.07. The number of hydrogen-bond acceptors (Lipinski definition) is 5. The van der Waals surface area contributed by atoms with Crippen LogP contribution in [0.5, 0.6) is 11.5 Å². The maximum absolute atomic E-state index is 10.1. The van der Waals surface area contributed by atoms with E-state index in [1.165, 1.54) is 0 Å². The largest absolute Gasteiger partial charge is 0.504 e. The number of benzene rings is 1. The van der Waals surface area contributed by atoms with Gasteiger partial charge in [0.2, 0.25) is 0 Å². The third-order valence-electron chi connectivity index (χ3n) is 5.33. The van der Waals surface area contributed by atoms with Crippen LogP contribution in [0.1, 0.15) is 24.0 Å². The summed E-state index contributed by atoms with van der Waals surface area (Å²) in [6, 6.07) is 11.4. The molecule has 1 N–H and O–H groups in total. The van der Waals surface area contributed by atoms with Crippen LogP contribution in [0.4, 0.5) is 5.82 Å². The minimum absolute atomic E-state index is 0.142. The zero-order valence-corrected chi connectivity index (χ0v) is 14.2. The van der Waals surface area contributed by atoms with Crippen molar-refractivity contribution >= 4 is 5.82 Å². The molecular weight excluding hydrogens is 314 g/mol. The minimum Gasteiger partial charge on any atom is -0.504 e. The molecule has 2 heterocycles. The van der Waals surface area contributed by atoms with Gasteiger partial charge in [-0.15, -0.1) is 0 Å². The maximum atomic E-state index is 10.1. The summed E-state index contributed by atoms with van der Waals surface area (Å²) in [7, 11) is 0. The number of aryl methyl sites for hydroxylation is 1. The highest BCUT2D eigenvalue weighted by atomic mass is 16.5. The Labute approximate surface area is 147 Å². The molecule has 2 bridgehead atoms. The first-order chi connectivity index (χ1) is 12.1. The third kappa shape index (κ3) is 3.00. The van der Waals surface area contributed by atoms with Crippen LogP contribution >= 0.6 is 0 Å².